The van der Waals surface area contributed by atoms with E-state index in [1.165, 1.54) is 41.8 Å². The number of ether oxygens (including phenoxy) is 1. The first-order chi connectivity index (χ1) is 16.2. The molecule has 172 valence electrons. The second-order valence-electron chi connectivity index (χ2n) is 9.08. The van der Waals surface area contributed by atoms with Crippen LogP contribution in [0, 0.1) is 11.8 Å². The van der Waals surface area contributed by atoms with Crippen LogP contribution in [0.2, 0.25) is 0 Å². The largest absolute Gasteiger partial charge is 0.381 e. The van der Waals surface area contributed by atoms with Crippen LogP contribution in [0.3, 0.4) is 0 Å². The fourth-order valence-corrected chi connectivity index (χ4v) is 5.71. The molecule has 2 heterocycles. The summed E-state index contributed by atoms with van der Waals surface area (Å²) in [4.78, 5) is 14.8. The molecular weight excluding hydrogens is 430 g/mol. The van der Waals surface area contributed by atoms with E-state index in [2.05, 4.69) is 51.5 Å². The van der Waals surface area contributed by atoms with Crippen LogP contribution >= 0.6 is 11.8 Å². The van der Waals surface area contributed by atoms with Gasteiger partial charge >= 0.3 is 0 Å². The molecule has 5 rings (SSSR count). The van der Waals surface area contributed by atoms with Crippen LogP contribution in [0.1, 0.15) is 38.5 Å². The van der Waals surface area contributed by atoms with E-state index in [0.29, 0.717) is 13.2 Å². The Labute approximate surface area is 199 Å². The van der Waals surface area contributed by atoms with Crippen molar-refractivity contribution in [3.63, 3.8) is 0 Å². The molecule has 2 aliphatic rings. The van der Waals surface area contributed by atoms with Crippen LogP contribution in [0.15, 0.2) is 70.6 Å². The number of carbonyl (C=O) groups is 1. The third kappa shape index (κ3) is 5.68. The number of rotatable bonds is 7. The van der Waals surface area contributed by atoms with E-state index in [0.717, 1.165) is 35.9 Å². The van der Waals surface area contributed by atoms with Crippen molar-refractivity contribution in [1.82, 2.24) is 9.78 Å². The van der Waals surface area contributed by atoms with E-state index < -0.39 is 0 Å². The van der Waals surface area contributed by atoms with Crippen molar-refractivity contribution in [2.24, 2.45) is 11.8 Å². The first-order valence-electron chi connectivity index (χ1n) is 12.0. The summed E-state index contributed by atoms with van der Waals surface area (Å²) in [6, 6.07) is 18.9. The van der Waals surface area contributed by atoms with Gasteiger partial charge in [0.2, 0.25) is 5.91 Å². The molecule has 33 heavy (non-hydrogen) atoms. The van der Waals surface area contributed by atoms with Crippen LogP contribution in [-0.2, 0) is 16.1 Å². The van der Waals surface area contributed by atoms with Crippen molar-refractivity contribution < 1.29 is 9.53 Å². The van der Waals surface area contributed by atoms with E-state index in [-0.39, 0.29) is 11.8 Å². The summed E-state index contributed by atoms with van der Waals surface area (Å²) in [6.07, 6.45) is 8.86. The molecule has 2 fully saturated rings. The number of amides is 1. The van der Waals surface area contributed by atoms with Crippen molar-refractivity contribution in [2.75, 3.05) is 18.5 Å². The summed E-state index contributed by atoms with van der Waals surface area (Å²) in [5.74, 6) is 0.904. The first-order valence-corrected chi connectivity index (χ1v) is 12.8. The molecule has 5 nitrogen and oxygen atoms in total. The van der Waals surface area contributed by atoms with Crippen molar-refractivity contribution in [3.05, 3.63) is 60.8 Å². The highest BCUT2D eigenvalue weighted by molar-refractivity contribution is 7.99. The van der Waals surface area contributed by atoms with Crippen LogP contribution in [-0.4, -0.2) is 28.9 Å². The van der Waals surface area contributed by atoms with Gasteiger partial charge in [0.25, 0.3) is 0 Å². The maximum atomic E-state index is 12.5. The predicted octanol–water partition coefficient (Wildman–Crippen LogP) is 6.26. The monoisotopic (exact) mass is 461 g/mol. The highest BCUT2D eigenvalue weighted by atomic mass is 32.2. The molecule has 1 amide bonds. The summed E-state index contributed by atoms with van der Waals surface area (Å²) in [5.41, 5.74) is 3.24. The molecule has 1 saturated heterocycles. The minimum Gasteiger partial charge on any atom is -0.381 e. The molecule has 0 atom stereocenters. The quantitative estimate of drug-likeness (QED) is 0.451. The highest BCUT2D eigenvalue weighted by Gasteiger charge is 2.21. The number of benzene rings is 2. The molecule has 0 unspecified atom stereocenters. The Kier molecular flexibility index (Phi) is 7.12. The topological polar surface area (TPSA) is 56.2 Å². The number of aromatic nitrogens is 2. The molecule has 6 heteroatoms. The van der Waals surface area contributed by atoms with E-state index in [4.69, 9.17) is 4.74 Å². The van der Waals surface area contributed by atoms with Gasteiger partial charge in [-0.2, -0.15) is 5.10 Å². The minimum absolute atomic E-state index is 0.0460. The van der Waals surface area contributed by atoms with E-state index in [9.17, 15) is 4.79 Å². The van der Waals surface area contributed by atoms with Gasteiger partial charge in [0, 0.05) is 47.4 Å². The smallest absolute Gasteiger partial charge is 0.227 e. The lowest BCUT2D eigenvalue weighted by Crippen LogP contribution is -2.28. The van der Waals surface area contributed by atoms with Gasteiger partial charge in [-0.05, 0) is 73.6 Å². The Morgan fingerprint density at radius 1 is 1.00 bits per heavy atom. The van der Waals surface area contributed by atoms with Crippen LogP contribution in [0.4, 0.5) is 5.69 Å². The maximum absolute atomic E-state index is 12.5. The molecule has 3 aromatic rings. The molecule has 1 saturated carbocycles. The molecule has 1 aliphatic carbocycles. The molecule has 0 radical (unpaired) electrons. The Hall–Kier alpha value is -2.57. The van der Waals surface area contributed by atoms with Gasteiger partial charge in [0.15, 0.2) is 0 Å². The van der Waals surface area contributed by atoms with Crippen LogP contribution in [0.25, 0.3) is 11.3 Å². The predicted molar refractivity (Wildman–Crippen MR) is 132 cm³/mol. The van der Waals surface area contributed by atoms with Gasteiger partial charge < -0.3 is 10.1 Å². The summed E-state index contributed by atoms with van der Waals surface area (Å²) in [5, 5.41) is 7.67. The van der Waals surface area contributed by atoms with E-state index in [1.807, 2.05) is 24.4 Å². The van der Waals surface area contributed by atoms with E-state index >= 15 is 0 Å². The average Bonchev–Trinajstić information content (AvgIpc) is 3.53. The third-order valence-electron chi connectivity index (χ3n) is 6.70. The summed E-state index contributed by atoms with van der Waals surface area (Å²) < 4.78 is 7.53. The molecule has 0 bridgehead atoms. The zero-order chi connectivity index (χ0) is 22.5. The molecule has 2 aromatic carbocycles. The maximum Gasteiger partial charge on any atom is 0.227 e. The SMILES string of the molecule is O=C(Nc1cccc(Sc2ccc(-c3ccnn3CC3CCCC3)cc2)c1)C1CCOCC1. The standard InChI is InChI=1S/C27H31N3O2S/c31-27(22-13-16-32-17-14-22)29-23-6-3-7-25(18-23)33-24-10-8-21(9-11-24)26-12-15-28-30(26)19-20-4-1-2-5-20/h3,6-12,15,18,20,22H,1-2,4-5,13-14,16-17,19H2,(H,29,31). The van der Waals surface area contributed by atoms with Gasteiger partial charge in [-0.3, -0.25) is 9.48 Å². The number of nitrogens with zero attached hydrogens (tertiary/aromatic N) is 2. The first kappa shape index (κ1) is 22.2. The van der Waals surface area contributed by atoms with E-state index in [1.54, 1.807) is 11.8 Å². The fraction of sp³-hybridized carbons (Fsp3) is 0.407. The Balaban J connectivity index is 1.22. The Morgan fingerprint density at radius 2 is 1.79 bits per heavy atom. The van der Waals surface area contributed by atoms with Crippen molar-refractivity contribution >= 4 is 23.4 Å². The lowest BCUT2D eigenvalue weighted by molar-refractivity contribution is -0.122. The number of nitrogens with one attached hydrogen (secondary N) is 1. The summed E-state index contributed by atoms with van der Waals surface area (Å²) >= 11 is 1.71. The average molecular weight is 462 g/mol. The number of hydrogen-bond donors (Lipinski definition) is 1. The van der Waals surface area contributed by atoms with Gasteiger partial charge in [0.05, 0.1) is 5.69 Å². The highest BCUT2D eigenvalue weighted by Crippen LogP contribution is 2.32. The number of anilines is 1. The Bertz CT molecular complexity index is 1070. The molecule has 1 N–H and O–H groups in total. The fourth-order valence-electron chi connectivity index (χ4n) is 4.83. The Morgan fingerprint density at radius 3 is 2.58 bits per heavy atom. The molecule has 1 aromatic heterocycles. The lowest BCUT2D eigenvalue weighted by Gasteiger charge is -2.21. The second kappa shape index (κ2) is 10.6. The molecule has 0 spiro atoms. The zero-order valence-electron chi connectivity index (χ0n) is 18.9. The van der Waals surface area contributed by atoms with Crippen LogP contribution < -0.4 is 5.32 Å². The van der Waals surface area contributed by atoms with Gasteiger partial charge in [0.1, 0.15) is 0 Å². The van der Waals surface area contributed by atoms with Crippen molar-refractivity contribution in [2.45, 2.75) is 54.9 Å². The minimum atomic E-state index is 0.0460. The summed E-state index contributed by atoms with van der Waals surface area (Å²) in [6.45, 7) is 2.36. The molecule has 1 aliphatic heterocycles. The molecular formula is C27H31N3O2S. The van der Waals surface area contributed by atoms with Crippen LogP contribution in [0.5, 0.6) is 0 Å². The zero-order valence-corrected chi connectivity index (χ0v) is 19.7. The van der Waals surface area contributed by atoms with Gasteiger partial charge in [-0.1, -0.05) is 42.8 Å². The number of hydrogen-bond acceptors (Lipinski definition) is 4. The van der Waals surface area contributed by atoms with Crippen molar-refractivity contribution in [1.29, 1.82) is 0 Å². The normalized spacial score (nSPS) is 17.3. The number of carbonyl (C=O) groups excluding carboxylic acids is 1. The van der Waals surface area contributed by atoms with Crippen molar-refractivity contribution in [3.8, 4) is 11.3 Å². The second-order valence-corrected chi connectivity index (χ2v) is 10.2. The summed E-state index contributed by atoms with van der Waals surface area (Å²) in [7, 11) is 0. The third-order valence-corrected chi connectivity index (χ3v) is 7.70. The lowest BCUT2D eigenvalue weighted by atomic mass is 9.99. The van der Waals surface area contributed by atoms with Gasteiger partial charge in [-0.15, -0.1) is 0 Å². The van der Waals surface area contributed by atoms with Gasteiger partial charge in [-0.25, -0.2) is 0 Å².